The average molecular weight is 612 g/mol. The molecule has 3 aromatic carbocycles. The quantitative estimate of drug-likeness (QED) is 0.117. The van der Waals surface area contributed by atoms with Crippen molar-refractivity contribution in [2.45, 2.75) is 31.0 Å². The van der Waals surface area contributed by atoms with Crippen LogP contribution in [-0.2, 0) is 27.2 Å². The van der Waals surface area contributed by atoms with Gasteiger partial charge in [-0.05, 0) is 52.0 Å². The molecule has 5 rings (SSSR count). The number of hydrogen-bond acceptors (Lipinski definition) is 9. The van der Waals surface area contributed by atoms with E-state index in [2.05, 4.69) is 25.5 Å². The topological polar surface area (TPSA) is 190 Å². The number of aliphatic hydroxyl groups excluding tert-OH is 1. The molecule has 14 heteroatoms. The van der Waals surface area contributed by atoms with Crippen LogP contribution in [0.2, 0.25) is 0 Å². The van der Waals surface area contributed by atoms with Crippen LogP contribution in [-0.4, -0.2) is 67.0 Å². The Kier molecular flexibility index (Phi) is 10.5. The van der Waals surface area contributed by atoms with E-state index in [1.807, 2.05) is 24.3 Å². The van der Waals surface area contributed by atoms with E-state index in [0.29, 0.717) is 73.0 Å². The second-order valence-electron chi connectivity index (χ2n) is 10.4. The number of carbonyl (C=O) groups excluding carboxylic acids is 1. The molecule has 0 saturated carbocycles. The normalized spacial score (nSPS) is 19.4. The summed E-state index contributed by atoms with van der Waals surface area (Å²) in [5.41, 5.74) is 22.7. The lowest BCUT2D eigenvalue weighted by Gasteiger charge is -2.35. The van der Waals surface area contributed by atoms with E-state index >= 15 is 0 Å². The first-order valence-corrected chi connectivity index (χ1v) is 14.5. The summed E-state index contributed by atoms with van der Waals surface area (Å²) in [6.45, 7) is 2.34. The van der Waals surface area contributed by atoms with Crippen molar-refractivity contribution >= 4 is 17.5 Å². The molecule has 45 heavy (non-hydrogen) atoms. The number of amides is 1. The number of carbonyl (C=O) groups is 1. The summed E-state index contributed by atoms with van der Waals surface area (Å²) in [5, 5.41) is 18.5. The SMILES string of the molecule is [N-]=[N+]=NCc1ccccc1[C@@H]1OC(c2ccc(OCCCO)cc2)=N[C@]1(Cc1ccccc1N=[N+]=[N-])C(=O)NN1CCOCC1. The number of aliphatic hydroxyl groups is 1. The van der Waals surface area contributed by atoms with Gasteiger partial charge >= 0.3 is 0 Å². The van der Waals surface area contributed by atoms with E-state index in [0.717, 1.165) is 0 Å². The van der Waals surface area contributed by atoms with E-state index in [1.54, 1.807) is 53.5 Å². The largest absolute Gasteiger partial charge is 0.494 e. The number of hydrogen-bond donors (Lipinski definition) is 2. The molecular formula is C31H33N9O5. The van der Waals surface area contributed by atoms with Gasteiger partial charge in [-0.2, -0.15) is 0 Å². The predicted octanol–water partition coefficient (Wildman–Crippen LogP) is 5.06. The van der Waals surface area contributed by atoms with Crippen molar-refractivity contribution in [2.75, 3.05) is 39.5 Å². The Morgan fingerprint density at radius 3 is 2.51 bits per heavy atom. The van der Waals surface area contributed by atoms with Crippen LogP contribution in [0.25, 0.3) is 20.9 Å². The predicted molar refractivity (Wildman–Crippen MR) is 166 cm³/mol. The molecule has 14 nitrogen and oxygen atoms in total. The minimum absolute atomic E-state index is 0.0304. The molecular weight excluding hydrogens is 578 g/mol. The lowest BCUT2D eigenvalue weighted by atomic mass is 9.80. The fourth-order valence-electron chi connectivity index (χ4n) is 5.31. The number of rotatable bonds is 13. The number of azide groups is 2. The standard InChI is InChI=1S/C31H33N9O5/c32-38-34-21-24-7-1-3-8-26(24)28-31(30(42)37-40-14-18-43-19-15-40,20-23-6-2-4-9-27(23)36-39-33)35-29(45-28)22-10-12-25(13-11-22)44-17-5-16-41/h1-4,6-13,28,41H,5,14-21H2,(H,37,42)/t28-,31-/m0/s1. The van der Waals surface area contributed by atoms with Crippen molar-refractivity contribution in [3.8, 4) is 5.75 Å². The van der Waals surface area contributed by atoms with Crippen LogP contribution in [0.15, 0.2) is 88.0 Å². The molecule has 0 aromatic heterocycles. The molecule has 0 bridgehead atoms. The molecule has 0 unspecified atom stereocenters. The number of nitrogens with zero attached hydrogens (tertiary/aromatic N) is 8. The Bertz CT molecular complexity index is 1610. The maximum absolute atomic E-state index is 14.6. The van der Waals surface area contributed by atoms with E-state index in [9.17, 15) is 10.3 Å². The number of aliphatic imine (C=N–C) groups is 1. The van der Waals surface area contributed by atoms with Gasteiger partial charge in [0.15, 0.2) is 11.6 Å². The Labute approximate surface area is 259 Å². The van der Waals surface area contributed by atoms with Gasteiger partial charge < -0.3 is 19.3 Å². The van der Waals surface area contributed by atoms with Crippen molar-refractivity contribution in [3.05, 3.63) is 116 Å². The highest BCUT2D eigenvalue weighted by Crippen LogP contribution is 2.45. The minimum atomic E-state index is -1.57. The van der Waals surface area contributed by atoms with Crippen LogP contribution >= 0.6 is 0 Å². The average Bonchev–Trinajstić information content (AvgIpc) is 3.46. The van der Waals surface area contributed by atoms with Crippen LogP contribution in [0.4, 0.5) is 5.69 Å². The van der Waals surface area contributed by atoms with E-state index in [1.165, 1.54) is 0 Å². The maximum atomic E-state index is 14.6. The summed E-state index contributed by atoms with van der Waals surface area (Å²) in [4.78, 5) is 25.6. The zero-order valence-electron chi connectivity index (χ0n) is 24.5. The molecule has 1 fully saturated rings. The maximum Gasteiger partial charge on any atom is 0.266 e. The Balaban J connectivity index is 1.64. The van der Waals surface area contributed by atoms with Gasteiger partial charge in [-0.1, -0.05) is 58.8 Å². The molecule has 1 saturated heterocycles. The van der Waals surface area contributed by atoms with Crippen LogP contribution in [0.5, 0.6) is 5.75 Å². The molecule has 2 atom stereocenters. The fraction of sp³-hybridized carbons (Fsp3) is 0.355. The molecule has 0 spiro atoms. The minimum Gasteiger partial charge on any atom is -0.494 e. The van der Waals surface area contributed by atoms with Crippen molar-refractivity contribution in [3.63, 3.8) is 0 Å². The van der Waals surface area contributed by atoms with E-state index < -0.39 is 17.6 Å². The van der Waals surface area contributed by atoms with Crippen LogP contribution in [0, 0.1) is 0 Å². The number of ether oxygens (including phenoxy) is 3. The molecule has 3 aromatic rings. The summed E-state index contributed by atoms with van der Waals surface area (Å²) >= 11 is 0. The van der Waals surface area contributed by atoms with E-state index in [4.69, 9.17) is 29.8 Å². The Hall–Kier alpha value is -5.10. The second-order valence-corrected chi connectivity index (χ2v) is 10.4. The molecule has 232 valence electrons. The molecule has 0 aliphatic carbocycles. The van der Waals surface area contributed by atoms with Crippen LogP contribution < -0.4 is 10.2 Å². The summed E-state index contributed by atoms with van der Waals surface area (Å²) in [6, 6.07) is 21.5. The smallest absolute Gasteiger partial charge is 0.266 e. The van der Waals surface area contributed by atoms with Gasteiger partial charge in [0.2, 0.25) is 5.90 Å². The number of nitrogens with one attached hydrogen (secondary N) is 1. The van der Waals surface area contributed by atoms with Gasteiger partial charge in [0.25, 0.3) is 5.91 Å². The molecule has 0 radical (unpaired) electrons. The fourth-order valence-corrected chi connectivity index (χ4v) is 5.31. The van der Waals surface area contributed by atoms with Crippen molar-refractivity contribution in [2.24, 2.45) is 15.2 Å². The number of morpholine rings is 1. The van der Waals surface area contributed by atoms with Gasteiger partial charge in [0.05, 0.1) is 26.4 Å². The van der Waals surface area contributed by atoms with Crippen molar-refractivity contribution < 1.29 is 24.1 Å². The first kappa shape index (κ1) is 31.3. The molecule has 2 N–H and O–H groups in total. The molecule has 1 amide bonds. The summed E-state index contributed by atoms with van der Waals surface area (Å²) in [6.07, 6.45) is -0.407. The molecule has 2 aliphatic rings. The Morgan fingerprint density at radius 2 is 1.78 bits per heavy atom. The van der Waals surface area contributed by atoms with Gasteiger partial charge in [-0.25, -0.2) is 10.0 Å². The first-order chi connectivity index (χ1) is 22.1. The highest BCUT2D eigenvalue weighted by Gasteiger charge is 2.54. The van der Waals surface area contributed by atoms with Gasteiger partial charge in [0.1, 0.15) is 5.75 Å². The number of benzene rings is 3. The van der Waals surface area contributed by atoms with Crippen LogP contribution in [0.3, 0.4) is 0 Å². The van der Waals surface area contributed by atoms with Gasteiger partial charge in [0, 0.05) is 53.6 Å². The molecule has 2 aliphatic heterocycles. The zero-order chi connectivity index (χ0) is 31.5. The lowest BCUT2D eigenvalue weighted by molar-refractivity contribution is -0.136. The zero-order valence-corrected chi connectivity index (χ0v) is 24.5. The second kappa shape index (κ2) is 15.1. The van der Waals surface area contributed by atoms with E-state index in [-0.39, 0.29) is 25.5 Å². The summed E-state index contributed by atoms with van der Waals surface area (Å²) in [7, 11) is 0. The van der Waals surface area contributed by atoms with Crippen LogP contribution in [0.1, 0.15) is 34.8 Å². The summed E-state index contributed by atoms with van der Waals surface area (Å²) < 4.78 is 17.8. The monoisotopic (exact) mass is 611 g/mol. The van der Waals surface area contributed by atoms with Crippen molar-refractivity contribution in [1.29, 1.82) is 0 Å². The lowest BCUT2D eigenvalue weighted by Crippen LogP contribution is -2.57. The third-order valence-electron chi connectivity index (χ3n) is 7.55. The number of hydrazine groups is 1. The highest BCUT2D eigenvalue weighted by molar-refractivity contribution is 6.01. The third-order valence-corrected chi connectivity index (χ3v) is 7.55. The summed E-state index contributed by atoms with van der Waals surface area (Å²) in [5.74, 6) is 0.434. The van der Waals surface area contributed by atoms with Crippen molar-refractivity contribution in [1.82, 2.24) is 10.4 Å². The first-order valence-electron chi connectivity index (χ1n) is 14.5. The van der Waals surface area contributed by atoms with Gasteiger partial charge in [-0.3, -0.25) is 10.2 Å². The highest BCUT2D eigenvalue weighted by atomic mass is 16.5. The third kappa shape index (κ3) is 7.35. The Morgan fingerprint density at radius 1 is 1.04 bits per heavy atom. The van der Waals surface area contributed by atoms with Gasteiger partial charge in [-0.15, -0.1) is 0 Å². The molecule has 2 heterocycles.